The summed E-state index contributed by atoms with van der Waals surface area (Å²) in [6, 6.07) is 7.78. The minimum atomic E-state index is -0.905. The topological polar surface area (TPSA) is 67.9 Å². The van der Waals surface area contributed by atoms with Crippen molar-refractivity contribution in [1.82, 2.24) is 4.90 Å². The van der Waals surface area contributed by atoms with E-state index in [0.717, 1.165) is 29.5 Å². The Labute approximate surface area is 200 Å². The van der Waals surface area contributed by atoms with Gasteiger partial charge in [0.05, 0.1) is 7.11 Å². The van der Waals surface area contributed by atoms with Crippen molar-refractivity contribution in [3.63, 3.8) is 0 Å². The first kappa shape index (κ1) is 24.0. The first-order valence-electron chi connectivity index (χ1n) is 11.7. The molecular formula is C27H33FN2O4. The van der Waals surface area contributed by atoms with Crippen molar-refractivity contribution in [2.24, 2.45) is 0 Å². The fraction of sp³-hybridized carbons (Fsp3) is 0.481. The molecule has 0 fully saturated rings. The summed E-state index contributed by atoms with van der Waals surface area (Å²) in [5, 5.41) is 2.87. The van der Waals surface area contributed by atoms with E-state index in [0.29, 0.717) is 30.0 Å². The highest BCUT2D eigenvalue weighted by Gasteiger charge is 2.39. The second-order valence-electron chi connectivity index (χ2n) is 10.8. The standard InChI is InChI=1S/C27H33FN2O4/c1-26(2,3)34-25(32)30-12-10-16-14-19(33-6)7-8-20(16)23(30)24(31)29-18-13-17-9-11-27(4,5)22(17)21(28)15-18/h7-8,13-15,23H,9-12H2,1-6H3,(H,29,31)/t23-/m1/s1. The molecule has 0 unspecified atom stereocenters. The molecule has 7 heteroatoms. The zero-order valence-corrected chi connectivity index (χ0v) is 20.8. The number of halogens is 1. The van der Waals surface area contributed by atoms with Crippen LogP contribution in [0, 0.1) is 5.82 Å². The lowest BCUT2D eigenvalue weighted by atomic mass is 9.86. The quantitative estimate of drug-likeness (QED) is 0.643. The number of amides is 2. The van der Waals surface area contributed by atoms with Gasteiger partial charge < -0.3 is 14.8 Å². The number of nitrogens with one attached hydrogen (secondary N) is 1. The minimum Gasteiger partial charge on any atom is -0.497 e. The van der Waals surface area contributed by atoms with Gasteiger partial charge in [-0.1, -0.05) is 19.9 Å². The molecule has 1 N–H and O–H groups in total. The maximum Gasteiger partial charge on any atom is 0.411 e. The molecule has 4 rings (SSSR count). The summed E-state index contributed by atoms with van der Waals surface area (Å²) in [6.07, 6.45) is 1.63. The molecule has 2 aliphatic rings. The Morgan fingerprint density at radius 2 is 1.85 bits per heavy atom. The molecule has 0 aromatic heterocycles. The molecule has 1 atom stereocenters. The summed E-state index contributed by atoms with van der Waals surface area (Å²) in [5.74, 6) is -0.0337. The van der Waals surface area contributed by atoms with Crippen LogP contribution in [0.15, 0.2) is 30.3 Å². The normalized spacial score (nSPS) is 18.7. The predicted molar refractivity (Wildman–Crippen MR) is 129 cm³/mol. The lowest BCUT2D eigenvalue weighted by Crippen LogP contribution is -2.47. The molecule has 182 valence electrons. The third-order valence-electron chi connectivity index (χ3n) is 6.59. The Morgan fingerprint density at radius 1 is 1.12 bits per heavy atom. The zero-order valence-electron chi connectivity index (χ0n) is 20.8. The minimum absolute atomic E-state index is 0.225. The van der Waals surface area contributed by atoms with Gasteiger partial charge in [-0.25, -0.2) is 9.18 Å². The van der Waals surface area contributed by atoms with Crippen molar-refractivity contribution in [1.29, 1.82) is 0 Å². The monoisotopic (exact) mass is 468 g/mol. The number of carbonyl (C=O) groups is 2. The first-order valence-corrected chi connectivity index (χ1v) is 11.7. The summed E-state index contributed by atoms with van der Waals surface area (Å²) in [4.78, 5) is 28.1. The Balaban J connectivity index is 1.68. The van der Waals surface area contributed by atoms with Gasteiger partial charge in [-0.05, 0) is 92.0 Å². The second kappa shape index (κ2) is 8.60. The van der Waals surface area contributed by atoms with E-state index in [9.17, 15) is 9.59 Å². The summed E-state index contributed by atoms with van der Waals surface area (Å²) in [6.45, 7) is 9.75. The summed E-state index contributed by atoms with van der Waals surface area (Å²) in [7, 11) is 1.59. The van der Waals surface area contributed by atoms with Crippen LogP contribution < -0.4 is 10.1 Å². The van der Waals surface area contributed by atoms with Gasteiger partial charge >= 0.3 is 6.09 Å². The van der Waals surface area contributed by atoms with Crippen LogP contribution in [0.3, 0.4) is 0 Å². The lowest BCUT2D eigenvalue weighted by Gasteiger charge is -2.37. The van der Waals surface area contributed by atoms with Crippen molar-refractivity contribution in [2.45, 2.75) is 70.9 Å². The molecule has 0 bridgehead atoms. The highest BCUT2D eigenvalue weighted by atomic mass is 19.1. The number of hydrogen-bond donors (Lipinski definition) is 1. The van der Waals surface area contributed by atoms with E-state index >= 15 is 4.39 Å². The number of benzene rings is 2. The smallest absolute Gasteiger partial charge is 0.411 e. The highest BCUT2D eigenvalue weighted by molar-refractivity contribution is 5.98. The number of hydrogen-bond acceptors (Lipinski definition) is 4. The van der Waals surface area contributed by atoms with E-state index in [1.807, 2.05) is 26.0 Å². The van der Waals surface area contributed by atoms with Crippen LogP contribution in [-0.4, -0.2) is 36.2 Å². The van der Waals surface area contributed by atoms with E-state index in [2.05, 4.69) is 5.32 Å². The first-order chi connectivity index (χ1) is 15.9. The second-order valence-corrected chi connectivity index (χ2v) is 10.8. The van der Waals surface area contributed by atoms with E-state index < -0.39 is 23.6 Å². The number of ether oxygens (including phenoxy) is 2. The number of anilines is 1. The molecular weight excluding hydrogens is 435 g/mol. The molecule has 0 saturated heterocycles. The van der Waals surface area contributed by atoms with E-state index in [-0.39, 0.29) is 11.2 Å². The van der Waals surface area contributed by atoms with Gasteiger partial charge in [-0.3, -0.25) is 9.69 Å². The zero-order chi connectivity index (χ0) is 24.8. The number of carbonyl (C=O) groups excluding carboxylic acids is 2. The van der Waals surface area contributed by atoms with Crippen molar-refractivity contribution >= 4 is 17.7 Å². The molecule has 1 aliphatic heterocycles. The average Bonchev–Trinajstić information content (AvgIpc) is 3.05. The summed E-state index contributed by atoms with van der Waals surface area (Å²) in [5.41, 5.74) is 2.74. The molecule has 1 aliphatic carbocycles. The Morgan fingerprint density at radius 3 is 2.53 bits per heavy atom. The molecule has 0 saturated carbocycles. The molecule has 34 heavy (non-hydrogen) atoms. The van der Waals surface area contributed by atoms with Crippen molar-refractivity contribution in [2.75, 3.05) is 19.0 Å². The SMILES string of the molecule is COc1ccc2c(c1)CCN(C(=O)OC(C)(C)C)[C@H]2C(=O)Nc1cc(F)c2c(c1)CCC2(C)C. The molecule has 2 aromatic rings. The van der Waals surface area contributed by atoms with Crippen LogP contribution in [0.25, 0.3) is 0 Å². The van der Waals surface area contributed by atoms with Crippen molar-refractivity contribution in [3.8, 4) is 5.75 Å². The Kier molecular flexibility index (Phi) is 6.08. The van der Waals surface area contributed by atoms with Crippen LogP contribution in [0.4, 0.5) is 14.9 Å². The van der Waals surface area contributed by atoms with Crippen LogP contribution in [0.5, 0.6) is 5.75 Å². The molecule has 2 amide bonds. The molecule has 6 nitrogen and oxygen atoms in total. The molecule has 0 radical (unpaired) electrons. The maximum absolute atomic E-state index is 15.0. The van der Waals surface area contributed by atoms with Crippen LogP contribution in [0.2, 0.25) is 0 Å². The van der Waals surface area contributed by atoms with Crippen molar-refractivity contribution in [3.05, 3.63) is 58.4 Å². The van der Waals surface area contributed by atoms with Gasteiger partial charge in [0, 0.05) is 12.2 Å². The van der Waals surface area contributed by atoms with Gasteiger partial charge in [0.25, 0.3) is 5.91 Å². The van der Waals surface area contributed by atoms with Crippen molar-refractivity contribution < 1.29 is 23.5 Å². The number of fused-ring (bicyclic) bond motifs is 2. The fourth-order valence-electron chi connectivity index (χ4n) is 5.00. The number of nitrogens with zero attached hydrogens (tertiary/aromatic N) is 1. The van der Waals surface area contributed by atoms with Gasteiger partial charge in [-0.15, -0.1) is 0 Å². The van der Waals surface area contributed by atoms with E-state index in [1.54, 1.807) is 40.0 Å². The largest absolute Gasteiger partial charge is 0.497 e. The number of rotatable bonds is 3. The average molecular weight is 469 g/mol. The Hall–Kier alpha value is -3.09. The van der Waals surface area contributed by atoms with E-state index in [1.165, 1.54) is 11.0 Å². The number of methoxy groups -OCH3 is 1. The predicted octanol–water partition coefficient (Wildman–Crippen LogP) is 5.53. The van der Waals surface area contributed by atoms with Crippen LogP contribution in [0.1, 0.15) is 69.3 Å². The van der Waals surface area contributed by atoms with Crippen LogP contribution in [-0.2, 0) is 27.8 Å². The lowest BCUT2D eigenvalue weighted by molar-refractivity contribution is -0.121. The fourth-order valence-corrected chi connectivity index (χ4v) is 5.00. The third kappa shape index (κ3) is 4.61. The third-order valence-corrected chi connectivity index (χ3v) is 6.59. The van der Waals surface area contributed by atoms with Gasteiger partial charge in [-0.2, -0.15) is 0 Å². The molecule has 0 spiro atoms. The Bertz CT molecular complexity index is 1140. The summed E-state index contributed by atoms with van der Waals surface area (Å²) >= 11 is 0. The van der Waals surface area contributed by atoms with Gasteiger partial charge in [0.1, 0.15) is 23.2 Å². The number of aryl methyl sites for hydroxylation is 1. The summed E-state index contributed by atoms with van der Waals surface area (Å²) < 4.78 is 25.9. The highest BCUT2D eigenvalue weighted by Crippen LogP contribution is 2.41. The molecule has 1 heterocycles. The van der Waals surface area contributed by atoms with E-state index in [4.69, 9.17) is 9.47 Å². The van der Waals surface area contributed by atoms with Crippen LogP contribution >= 0.6 is 0 Å². The maximum atomic E-state index is 15.0. The van der Waals surface area contributed by atoms with Gasteiger partial charge in [0.15, 0.2) is 0 Å². The van der Waals surface area contributed by atoms with Gasteiger partial charge in [0.2, 0.25) is 0 Å². The molecule has 2 aromatic carbocycles.